The maximum Gasteiger partial charge on any atom is 0.337 e. The molecule has 20 heavy (non-hydrogen) atoms. The highest BCUT2D eigenvalue weighted by molar-refractivity contribution is 14.1. The molecule has 1 saturated heterocycles. The fourth-order valence-electron chi connectivity index (χ4n) is 2.05. The third kappa shape index (κ3) is 3.60. The van der Waals surface area contributed by atoms with Crippen molar-refractivity contribution >= 4 is 40.3 Å². The van der Waals surface area contributed by atoms with E-state index in [0.717, 1.165) is 9.99 Å². The summed E-state index contributed by atoms with van der Waals surface area (Å²) in [7, 11) is 0. The third-order valence-corrected chi connectivity index (χ3v) is 3.82. The van der Waals surface area contributed by atoms with Gasteiger partial charge in [0.2, 0.25) is 0 Å². The van der Waals surface area contributed by atoms with Crippen LogP contribution in [0.15, 0.2) is 18.2 Å². The summed E-state index contributed by atoms with van der Waals surface area (Å²) in [5.41, 5.74) is 0.352. The predicted octanol–water partition coefficient (Wildman–Crippen LogP) is 2.29. The topological polar surface area (TPSA) is 87.7 Å². The van der Waals surface area contributed by atoms with Crippen molar-refractivity contribution < 1.29 is 19.4 Å². The Morgan fingerprint density at radius 2 is 2.20 bits per heavy atom. The van der Waals surface area contributed by atoms with Crippen LogP contribution in [0.25, 0.3) is 0 Å². The van der Waals surface area contributed by atoms with Gasteiger partial charge >= 0.3 is 12.0 Å². The first-order valence-electron chi connectivity index (χ1n) is 6.19. The number of hydrogen-bond donors (Lipinski definition) is 3. The van der Waals surface area contributed by atoms with Crippen molar-refractivity contribution in [1.29, 1.82) is 0 Å². The number of ether oxygens (including phenoxy) is 1. The first-order valence-corrected chi connectivity index (χ1v) is 7.27. The Kier molecular flexibility index (Phi) is 4.81. The highest BCUT2D eigenvalue weighted by Crippen LogP contribution is 2.19. The number of urea groups is 1. The lowest BCUT2D eigenvalue weighted by Crippen LogP contribution is -2.41. The molecule has 108 valence electrons. The second-order valence-corrected chi connectivity index (χ2v) is 5.81. The first kappa shape index (κ1) is 15.0. The molecule has 3 N–H and O–H groups in total. The molecule has 1 fully saturated rings. The Hall–Kier alpha value is -1.35. The lowest BCUT2D eigenvalue weighted by molar-refractivity contribution is 0.0698. The van der Waals surface area contributed by atoms with Crippen molar-refractivity contribution in [3.8, 4) is 0 Å². The Bertz CT molecular complexity index is 535. The summed E-state index contributed by atoms with van der Waals surface area (Å²) < 4.78 is 6.15. The Balaban J connectivity index is 2.06. The van der Waals surface area contributed by atoms with Gasteiger partial charge < -0.3 is 20.5 Å². The number of carboxylic acids is 1. The summed E-state index contributed by atoms with van der Waals surface area (Å²) in [6.45, 7) is 2.52. The summed E-state index contributed by atoms with van der Waals surface area (Å²) in [4.78, 5) is 23.1. The summed E-state index contributed by atoms with van der Waals surface area (Å²) in [6, 6.07) is 4.37. The molecule has 0 bridgehead atoms. The minimum Gasteiger partial charge on any atom is -0.478 e. The van der Waals surface area contributed by atoms with E-state index in [1.54, 1.807) is 12.1 Å². The van der Waals surface area contributed by atoms with E-state index >= 15 is 0 Å². The van der Waals surface area contributed by atoms with E-state index in [9.17, 15) is 9.59 Å². The number of aromatic carboxylic acids is 1. The molecular formula is C13H15IN2O4. The minimum absolute atomic E-state index is 0.0311. The molecule has 2 unspecified atom stereocenters. The lowest BCUT2D eigenvalue weighted by atomic mass is 10.1. The molecular weight excluding hydrogens is 375 g/mol. The van der Waals surface area contributed by atoms with E-state index in [4.69, 9.17) is 9.84 Å². The van der Waals surface area contributed by atoms with Crippen molar-refractivity contribution in [1.82, 2.24) is 5.32 Å². The maximum atomic E-state index is 11.9. The van der Waals surface area contributed by atoms with Crippen molar-refractivity contribution in [2.45, 2.75) is 25.5 Å². The van der Waals surface area contributed by atoms with Crippen LogP contribution in [-0.2, 0) is 4.74 Å². The zero-order valence-electron chi connectivity index (χ0n) is 10.9. The number of anilines is 1. The second-order valence-electron chi connectivity index (χ2n) is 4.56. The van der Waals surface area contributed by atoms with Gasteiger partial charge in [-0.15, -0.1) is 0 Å². The Morgan fingerprint density at radius 1 is 1.45 bits per heavy atom. The van der Waals surface area contributed by atoms with Crippen LogP contribution in [0.5, 0.6) is 0 Å². The molecule has 0 saturated carbocycles. The average molecular weight is 390 g/mol. The summed E-state index contributed by atoms with van der Waals surface area (Å²) in [5, 5.41) is 14.5. The van der Waals surface area contributed by atoms with Crippen molar-refractivity contribution in [3.05, 3.63) is 27.3 Å². The van der Waals surface area contributed by atoms with E-state index < -0.39 is 12.0 Å². The number of carbonyl (C=O) groups excluding carboxylic acids is 1. The molecule has 1 aliphatic heterocycles. The van der Waals surface area contributed by atoms with Crippen LogP contribution in [0.4, 0.5) is 10.5 Å². The molecule has 2 amide bonds. The fraction of sp³-hybridized carbons (Fsp3) is 0.385. The number of carboxylic acid groups (broad SMARTS) is 1. The van der Waals surface area contributed by atoms with Crippen molar-refractivity contribution in [2.24, 2.45) is 0 Å². The number of benzene rings is 1. The molecule has 1 aromatic carbocycles. The van der Waals surface area contributed by atoms with Crippen molar-refractivity contribution in [2.75, 3.05) is 11.9 Å². The minimum atomic E-state index is -1.07. The predicted molar refractivity (Wildman–Crippen MR) is 82.1 cm³/mol. The molecule has 0 radical (unpaired) electrons. The van der Waals surface area contributed by atoms with Crippen LogP contribution in [0, 0.1) is 3.57 Å². The normalized spacial score (nSPS) is 21.5. The number of hydrogen-bond acceptors (Lipinski definition) is 3. The van der Waals surface area contributed by atoms with Gasteiger partial charge in [0.25, 0.3) is 0 Å². The van der Waals surface area contributed by atoms with Crippen molar-refractivity contribution in [3.63, 3.8) is 0 Å². The quantitative estimate of drug-likeness (QED) is 0.692. The Morgan fingerprint density at radius 3 is 2.80 bits per heavy atom. The van der Waals surface area contributed by atoms with Gasteiger partial charge in [0.1, 0.15) is 0 Å². The molecule has 2 atom stereocenters. The van der Waals surface area contributed by atoms with E-state index in [0.29, 0.717) is 6.61 Å². The zero-order valence-corrected chi connectivity index (χ0v) is 13.0. The smallest absolute Gasteiger partial charge is 0.337 e. The molecule has 0 aliphatic carbocycles. The fourth-order valence-corrected chi connectivity index (χ4v) is 2.54. The lowest BCUT2D eigenvalue weighted by Gasteiger charge is -2.17. The van der Waals surface area contributed by atoms with Crippen LogP contribution >= 0.6 is 22.6 Å². The zero-order chi connectivity index (χ0) is 14.7. The summed E-state index contributed by atoms with van der Waals surface area (Å²) in [5.74, 6) is -1.07. The van der Waals surface area contributed by atoms with E-state index in [1.807, 2.05) is 29.5 Å². The number of amides is 2. The third-order valence-electron chi connectivity index (χ3n) is 3.15. The van der Waals surface area contributed by atoms with Crippen LogP contribution in [-0.4, -0.2) is 35.9 Å². The molecule has 7 heteroatoms. The highest BCUT2D eigenvalue weighted by atomic mass is 127. The molecule has 1 heterocycles. The number of nitrogens with one attached hydrogen (secondary N) is 2. The molecule has 2 rings (SSSR count). The SMILES string of the molecule is CC1OCCC1NC(=O)Nc1ccc(I)cc1C(=O)O. The Labute approximate surface area is 130 Å². The first-order chi connectivity index (χ1) is 9.47. The summed E-state index contributed by atoms with van der Waals surface area (Å²) in [6.07, 6.45) is 0.726. The second kappa shape index (κ2) is 6.40. The maximum absolute atomic E-state index is 11.9. The average Bonchev–Trinajstić information content (AvgIpc) is 2.77. The number of carbonyl (C=O) groups is 2. The van der Waals surface area contributed by atoms with Gasteiger partial charge in [-0.25, -0.2) is 9.59 Å². The largest absolute Gasteiger partial charge is 0.478 e. The number of halogens is 1. The van der Waals surface area contributed by atoms with Gasteiger partial charge in [-0.05, 0) is 54.1 Å². The van der Waals surface area contributed by atoms with Crippen LogP contribution in [0.3, 0.4) is 0 Å². The van der Waals surface area contributed by atoms with Crippen LogP contribution in [0.1, 0.15) is 23.7 Å². The number of rotatable bonds is 3. The van der Waals surface area contributed by atoms with Gasteiger partial charge in [0, 0.05) is 10.2 Å². The molecule has 0 spiro atoms. The summed E-state index contributed by atoms with van der Waals surface area (Å²) >= 11 is 2.02. The van der Waals surface area contributed by atoms with Gasteiger partial charge in [0.05, 0.1) is 23.4 Å². The van der Waals surface area contributed by atoms with Gasteiger partial charge in [-0.3, -0.25) is 0 Å². The standard InChI is InChI=1S/C13H15IN2O4/c1-7-10(4-5-20-7)15-13(19)16-11-3-2-8(14)6-9(11)12(17)18/h2-3,6-7,10H,4-5H2,1H3,(H,17,18)(H2,15,16,19). The van der Waals surface area contributed by atoms with Gasteiger partial charge in [-0.1, -0.05) is 0 Å². The van der Waals surface area contributed by atoms with Gasteiger partial charge in [-0.2, -0.15) is 0 Å². The highest BCUT2D eigenvalue weighted by Gasteiger charge is 2.26. The molecule has 0 aromatic heterocycles. The molecule has 1 aromatic rings. The van der Waals surface area contributed by atoms with Crippen LogP contribution < -0.4 is 10.6 Å². The van der Waals surface area contributed by atoms with Gasteiger partial charge in [0.15, 0.2) is 0 Å². The van der Waals surface area contributed by atoms with Crippen LogP contribution in [0.2, 0.25) is 0 Å². The molecule has 6 nitrogen and oxygen atoms in total. The van der Waals surface area contributed by atoms with E-state index in [1.165, 1.54) is 6.07 Å². The monoisotopic (exact) mass is 390 g/mol. The molecule has 1 aliphatic rings. The van der Waals surface area contributed by atoms with E-state index in [-0.39, 0.29) is 23.4 Å². The van der Waals surface area contributed by atoms with E-state index in [2.05, 4.69) is 10.6 Å².